The Hall–Kier alpha value is -2.74. The number of aromatic nitrogens is 1. The minimum atomic E-state index is -0.918. The van der Waals surface area contributed by atoms with Crippen LogP contribution < -0.4 is 4.74 Å². The molecule has 0 aliphatic carbocycles. The highest BCUT2D eigenvalue weighted by molar-refractivity contribution is 5.92. The van der Waals surface area contributed by atoms with E-state index in [0.29, 0.717) is 44.1 Å². The van der Waals surface area contributed by atoms with Crippen LogP contribution in [0.4, 0.5) is 4.79 Å². The molecule has 1 aliphatic heterocycles. The Balaban J connectivity index is 1.83. The average Bonchev–Trinajstić information content (AvgIpc) is 3.06. The van der Waals surface area contributed by atoms with Gasteiger partial charge in [0, 0.05) is 43.3 Å². The molecule has 1 aliphatic rings. The first-order valence-corrected chi connectivity index (χ1v) is 8.59. The number of hydrogen-bond donors (Lipinski definition) is 2. The summed E-state index contributed by atoms with van der Waals surface area (Å²) in [4.78, 5) is 30.5. The summed E-state index contributed by atoms with van der Waals surface area (Å²) < 4.78 is 10.4. The van der Waals surface area contributed by atoms with Crippen LogP contribution in [0.2, 0.25) is 0 Å². The summed E-state index contributed by atoms with van der Waals surface area (Å²) in [6.45, 7) is 3.90. The molecule has 1 aromatic heterocycles. The SMILES string of the molecule is CCOC(=O)N1CCN(C(C(=O)O)c2c[nH]c3c(OC)cccc23)CC1. The average molecular weight is 361 g/mol. The second kappa shape index (κ2) is 7.65. The Morgan fingerprint density at radius 3 is 2.62 bits per heavy atom. The van der Waals surface area contributed by atoms with Gasteiger partial charge >= 0.3 is 12.1 Å². The Bertz CT molecular complexity index is 795. The maximum Gasteiger partial charge on any atom is 0.409 e. The van der Waals surface area contributed by atoms with Crippen molar-refractivity contribution in [3.63, 3.8) is 0 Å². The molecule has 1 atom stereocenters. The fourth-order valence-corrected chi connectivity index (χ4v) is 3.41. The van der Waals surface area contributed by atoms with Gasteiger partial charge in [0.05, 0.1) is 19.2 Å². The number of carbonyl (C=O) groups excluding carboxylic acids is 1. The number of carbonyl (C=O) groups is 2. The topological polar surface area (TPSA) is 95.1 Å². The van der Waals surface area contributed by atoms with Crippen LogP contribution in [0, 0.1) is 0 Å². The van der Waals surface area contributed by atoms with Crippen molar-refractivity contribution in [3.05, 3.63) is 30.0 Å². The fraction of sp³-hybridized carbons (Fsp3) is 0.444. The van der Waals surface area contributed by atoms with Gasteiger partial charge in [0.15, 0.2) is 0 Å². The number of benzene rings is 1. The van der Waals surface area contributed by atoms with E-state index in [1.165, 1.54) is 0 Å². The number of ether oxygens (including phenoxy) is 2. The van der Waals surface area contributed by atoms with Crippen LogP contribution in [-0.4, -0.2) is 71.8 Å². The van der Waals surface area contributed by atoms with Gasteiger partial charge in [-0.05, 0) is 13.0 Å². The summed E-state index contributed by atoms with van der Waals surface area (Å²) in [7, 11) is 1.58. The third kappa shape index (κ3) is 3.32. The lowest BCUT2D eigenvalue weighted by molar-refractivity contribution is -0.144. The van der Waals surface area contributed by atoms with Crippen molar-refractivity contribution in [2.24, 2.45) is 0 Å². The molecule has 2 N–H and O–H groups in total. The van der Waals surface area contributed by atoms with E-state index in [1.807, 2.05) is 23.1 Å². The molecule has 1 fully saturated rings. The van der Waals surface area contributed by atoms with Crippen LogP contribution in [0.1, 0.15) is 18.5 Å². The van der Waals surface area contributed by atoms with E-state index in [1.54, 1.807) is 25.1 Å². The summed E-state index contributed by atoms with van der Waals surface area (Å²) in [5.74, 6) is -0.247. The van der Waals surface area contributed by atoms with Crippen LogP contribution in [-0.2, 0) is 9.53 Å². The molecule has 8 heteroatoms. The summed E-state index contributed by atoms with van der Waals surface area (Å²) in [6, 6.07) is 4.77. The molecule has 1 saturated heterocycles. The third-order valence-electron chi connectivity index (χ3n) is 4.66. The van der Waals surface area contributed by atoms with Crippen LogP contribution >= 0.6 is 0 Å². The van der Waals surface area contributed by atoms with Crippen LogP contribution in [0.3, 0.4) is 0 Å². The van der Waals surface area contributed by atoms with Gasteiger partial charge in [0.25, 0.3) is 0 Å². The lowest BCUT2D eigenvalue weighted by Crippen LogP contribution is -2.51. The van der Waals surface area contributed by atoms with E-state index in [4.69, 9.17) is 9.47 Å². The number of rotatable bonds is 5. The van der Waals surface area contributed by atoms with Gasteiger partial charge in [-0.1, -0.05) is 12.1 Å². The summed E-state index contributed by atoms with van der Waals surface area (Å²) in [5.41, 5.74) is 1.47. The van der Waals surface area contributed by atoms with Crippen molar-refractivity contribution < 1.29 is 24.2 Å². The van der Waals surface area contributed by atoms with E-state index in [-0.39, 0.29) is 6.09 Å². The molecule has 2 aromatic rings. The number of nitrogens with zero attached hydrogens (tertiary/aromatic N) is 2. The highest BCUT2D eigenvalue weighted by Crippen LogP contribution is 2.33. The van der Waals surface area contributed by atoms with Gasteiger partial charge in [-0.3, -0.25) is 9.69 Å². The quantitative estimate of drug-likeness (QED) is 0.847. The molecule has 1 aromatic carbocycles. The third-order valence-corrected chi connectivity index (χ3v) is 4.66. The molecular formula is C18H23N3O5. The number of methoxy groups -OCH3 is 1. The number of aromatic amines is 1. The van der Waals surface area contributed by atoms with Gasteiger partial charge in [-0.25, -0.2) is 4.79 Å². The largest absolute Gasteiger partial charge is 0.495 e. The van der Waals surface area contributed by atoms with Gasteiger partial charge in [0.2, 0.25) is 0 Å². The van der Waals surface area contributed by atoms with Gasteiger partial charge in [-0.2, -0.15) is 0 Å². The zero-order chi connectivity index (χ0) is 18.7. The molecule has 0 radical (unpaired) electrons. The van der Waals surface area contributed by atoms with E-state index >= 15 is 0 Å². The van der Waals surface area contributed by atoms with E-state index in [2.05, 4.69) is 4.98 Å². The monoisotopic (exact) mass is 361 g/mol. The molecule has 0 bridgehead atoms. The van der Waals surface area contributed by atoms with E-state index in [0.717, 1.165) is 10.9 Å². The highest BCUT2D eigenvalue weighted by atomic mass is 16.6. The lowest BCUT2D eigenvalue weighted by atomic mass is 10.0. The molecule has 0 saturated carbocycles. The van der Waals surface area contributed by atoms with Crippen molar-refractivity contribution in [2.75, 3.05) is 39.9 Å². The lowest BCUT2D eigenvalue weighted by Gasteiger charge is -2.37. The van der Waals surface area contributed by atoms with Crippen LogP contribution in [0.5, 0.6) is 5.75 Å². The predicted molar refractivity (Wildman–Crippen MR) is 95.4 cm³/mol. The van der Waals surface area contributed by atoms with Crippen molar-refractivity contribution in [1.29, 1.82) is 0 Å². The number of fused-ring (bicyclic) bond motifs is 1. The summed E-state index contributed by atoms with van der Waals surface area (Å²) in [6.07, 6.45) is 1.37. The molecule has 140 valence electrons. The van der Waals surface area contributed by atoms with Crippen molar-refractivity contribution >= 4 is 23.0 Å². The smallest absolute Gasteiger partial charge is 0.409 e. The Morgan fingerprint density at radius 1 is 1.27 bits per heavy atom. The number of para-hydroxylation sites is 1. The molecule has 8 nitrogen and oxygen atoms in total. The van der Waals surface area contributed by atoms with Gasteiger partial charge < -0.3 is 24.5 Å². The number of nitrogens with one attached hydrogen (secondary N) is 1. The first-order valence-electron chi connectivity index (χ1n) is 8.59. The van der Waals surface area contributed by atoms with E-state index in [9.17, 15) is 14.7 Å². The molecule has 1 amide bonds. The number of aliphatic carboxylic acids is 1. The molecule has 3 rings (SSSR count). The van der Waals surface area contributed by atoms with Gasteiger partial charge in [-0.15, -0.1) is 0 Å². The maximum atomic E-state index is 12.0. The van der Waals surface area contributed by atoms with Crippen LogP contribution in [0.15, 0.2) is 24.4 Å². The molecule has 1 unspecified atom stereocenters. The van der Waals surface area contributed by atoms with Crippen molar-refractivity contribution in [1.82, 2.24) is 14.8 Å². The number of H-pyrrole nitrogens is 1. The van der Waals surface area contributed by atoms with Crippen molar-refractivity contribution in [2.45, 2.75) is 13.0 Å². The maximum absolute atomic E-state index is 12.0. The summed E-state index contributed by atoms with van der Waals surface area (Å²) >= 11 is 0. The Kier molecular flexibility index (Phi) is 5.32. The number of carboxylic acids is 1. The van der Waals surface area contributed by atoms with E-state index < -0.39 is 12.0 Å². The molecule has 0 spiro atoms. The Labute approximate surface area is 151 Å². The fourth-order valence-electron chi connectivity index (χ4n) is 3.41. The standard InChI is InChI=1S/C18H23N3O5/c1-3-26-18(24)21-9-7-20(8-10-21)16(17(22)23)13-11-19-15-12(13)5-4-6-14(15)25-2/h4-6,11,16,19H,3,7-10H2,1-2H3,(H,22,23). The number of piperazine rings is 1. The molecule has 26 heavy (non-hydrogen) atoms. The normalized spacial score (nSPS) is 16.5. The minimum Gasteiger partial charge on any atom is -0.495 e. The first-order chi connectivity index (χ1) is 12.6. The second-order valence-electron chi connectivity index (χ2n) is 6.09. The molecular weight excluding hydrogens is 338 g/mol. The highest BCUT2D eigenvalue weighted by Gasteiger charge is 2.33. The number of hydrogen-bond acceptors (Lipinski definition) is 5. The zero-order valence-corrected chi connectivity index (χ0v) is 14.9. The predicted octanol–water partition coefficient (Wildman–Crippen LogP) is 2.08. The minimum absolute atomic E-state index is 0.327. The Morgan fingerprint density at radius 2 is 2.00 bits per heavy atom. The van der Waals surface area contributed by atoms with Gasteiger partial charge in [0.1, 0.15) is 11.8 Å². The number of amides is 1. The van der Waals surface area contributed by atoms with Crippen LogP contribution in [0.25, 0.3) is 10.9 Å². The molecule has 2 heterocycles. The first kappa shape index (κ1) is 18.1. The second-order valence-corrected chi connectivity index (χ2v) is 6.09. The van der Waals surface area contributed by atoms with Crippen molar-refractivity contribution in [3.8, 4) is 5.75 Å². The zero-order valence-electron chi connectivity index (χ0n) is 14.9. The summed E-state index contributed by atoms with van der Waals surface area (Å²) in [5, 5.41) is 10.7. The number of carboxylic acid groups (broad SMARTS) is 1.